The van der Waals surface area contributed by atoms with Gasteiger partial charge < -0.3 is 15.5 Å². The molecule has 4 rings (SSSR count). The van der Waals surface area contributed by atoms with Gasteiger partial charge >= 0.3 is 6.18 Å². The van der Waals surface area contributed by atoms with Gasteiger partial charge in [-0.3, -0.25) is 4.79 Å². The summed E-state index contributed by atoms with van der Waals surface area (Å²) in [5, 5.41) is 0.701. The molecule has 0 aliphatic carbocycles. The van der Waals surface area contributed by atoms with Crippen LogP contribution in [0, 0.1) is 0 Å². The minimum atomic E-state index is -4.57. The Balaban J connectivity index is 1.70. The maximum absolute atomic E-state index is 13.5. The Labute approximate surface area is 176 Å². The number of pyridine rings is 1. The van der Waals surface area contributed by atoms with Gasteiger partial charge in [0, 0.05) is 37.1 Å². The van der Waals surface area contributed by atoms with E-state index in [-0.39, 0.29) is 23.0 Å². The van der Waals surface area contributed by atoms with Crippen LogP contribution in [0.1, 0.15) is 5.56 Å². The van der Waals surface area contributed by atoms with Gasteiger partial charge in [0.05, 0.1) is 16.8 Å². The zero-order valence-corrected chi connectivity index (χ0v) is 16.4. The third-order valence-electron chi connectivity index (χ3n) is 5.18. The zero-order chi connectivity index (χ0) is 22.2. The number of nitrogens with zero attached hydrogens (tertiary/aromatic N) is 5. The van der Waals surface area contributed by atoms with E-state index < -0.39 is 11.7 Å². The zero-order valence-electron chi connectivity index (χ0n) is 16.4. The van der Waals surface area contributed by atoms with Crippen LogP contribution >= 0.6 is 0 Å². The van der Waals surface area contributed by atoms with Crippen molar-refractivity contribution in [3.05, 3.63) is 54.9 Å². The first kappa shape index (κ1) is 20.6. The molecule has 1 fully saturated rings. The van der Waals surface area contributed by atoms with Gasteiger partial charge in [-0.2, -0.15) is 13.2 Å². The van der Waals surface area contributed by atoms with Crippen LogP contribution in [0.2, 0.25) is 0 Å². The van der Waals surface area contributed by atoms with Crippen molar-refractivity contribution in [1.29, 1.82) is 0 Å². The number of hydrogen-bond acceptors (Lipinski definition) is 6. The lowest BCUT2D eigenvalue weighted by Gasteiger charge is -2.35. The predicted molar refractivity (Wildman–Crippen MR) is 111 cm³/mol. The predicted octanol–water partition coefficient (Wildman–Crippen LogP) is 3.13. The first-order chi connectivity index (χ1) is 14.8. The third-order valence-corrected chi connectivity index (χ3v) is 5.18. The first-order valence-corrected chi connectivity index (χ1v) is 9.53. The summed E-state index contributed by atoms with van der Waals surface area (Å²) in [4.78, 5) is 28.0. The Hall–Kier alpha value is -3.69. The highest BCUT2D eigenvalue weighted by Crippen LogP contribution is 2.37. The Morgan fingerprint density at radius 2 is 1.84 bits per heavy atom. The number of carbonyl (C=O) groups is 1. The van der Waals surface area contributed by atoms with Crippen molar-refractivity contribution >= 4 is 28.4 Å². The second-order valence-electron chi connectivity index (χ2n) is 7.08. The van der Waals surface area contributed by atoms with Gasteiger partial charge in [0.15, 0.2) is 0 Å². The second kappa shape index (κ2) is 7.86. The first-order valence-electron chi connectivity index (χ1n) is 9.53. The quantitative estimate of drug-likeness (QED) is 0.645. The molecule has 1 amide bonds. The van der Waals surface area contributed by atoms with Crippen LogP contribution in [0.3, 0.4) is 0 Å². The third kappa shape index (κ3) is 4.00. The van der Waals surface area contributed by atoms with E-state index in [0.717, 1.165) is 12.1 Å². The second-order valence-corrected chi connectivity index (χ2v) is 7.08. The Morgan fingerprint density at radius 3 is 2.52 bits per heavy atom. The average Bonchev–Trinajstić information content (AvgIpc) is 2.77. The van der Waals surface area contributed by atoms with Crippen LogP contribution in [-0.4, -0.2) is 51.9 Å². The van der Waals surface area contributed by atoms with Gasteiger partial charge in [-0.25, -0.2) is 15.0 Å². The molecule has 3 heterocycles. The van der Waals surface area contributed by atoms with Gasteiger partial charge in [-0.05, 0) is 30.3 Å². The summed E-state index contributed by atoms with van der Waals surface area (Å²) in [5.74, 6) is 0.546. The monoisotopic (exact) mass is 428 g/mol. The maximum Gasteiger partial charge on any atom is 0.418 e. The molecule has 1 aromatic carbocycles. The van der Waals surface area contributed by atoms with Crippen molar-refractivity contribution in [1.82, 2.24) is 19.9 Å². The molecule has 0 saturated carbocycles. The molecule has 2 N–H and O–H groups in total. The molecule has 0 spiro atoms. The molecule has 31 heavy (non-hydrogen) atoms. The minimum absolute atomic E-state index is 0.00147. The molecule has 0 radical (unpaired) electrons. The number of benzene rings is 1. The normalized spacial score (nSPS) is 14.7. The highest BCUT2D eigenvalue weighted by Gasteiger charge is 2.34. The molecule has 0 bridgehead atoms. The highest BCUT2D eigenvalue weighted by atomic mass is 19.4. The largest absolute Gasteiger partial charge is 0.418 e. The van der Waals surface area contributed by atoms with Crippen LogP contribution in [0.15, 0.2) is 49.3 Å². The Morgan fingerprint density at radius 1 is 1.10 bits per heavy atom. The minimum Gasteiger partial charge on any atom is -0.384 e. The summed E-state index contributed by atoms with van der Waals surface area (Å²) in [5.41, 5.74) is 5.29. The lowest BCUT2D eigenvalue weighted by Crippen LogP contribution is -2.48. The van der Waals surface area contributed by atoms with Gasteiger partial charge in [0.25, 0.3) is 0 Å². The number of piperazine rings is 1. The van der Waals surface area contributed by atoms with E-state index in [2.05, 4.69) is 21.5 Å². The molecule has 160 valence electrons. The van der Waals surface area contributed by atoms with Crippen molar-refractivity contribution < 1.29 is 18.0 Å². The van der Waals surface area contributed by atoms with Gasteiger partial charge in [-0.15, -0.1) is 0 Å². The maximum atomic E-state index is 13.5. The molecule has 7 nitrogen and oxygen atoms in total. The van der Waals surface area contributed by atoms with Crippen molar-refractivity contribution in [2.75, 3.05) is 36.8 Å². The number of aromatic nitrogens is 3. The summed E-state index contributed by atoms with van der Waals surface area (Å²) < 4.78 is 40.4. The number of halogens is 3. The molecule has 3 aromatic rings. The summed E-state index contributed by atoms with van der Waals surface area (Å²) in [7, 11) is 0. The molecule has 2 aromatic heterocycles. The van der Waals surface area contributed by atoms with E-state index in [9.17, 15) is 18.0 Å². The van der Waals surface area contributed by atoms with Crippen LogP contribution in [0.5, 0.6) is 0 Å². The summed E-state index contributed by atoms with van der Waals surface area (Å²) in [6.45, 7) is 5.70. The van der Waals surface area contributed by atoms with Crippen molar-refractivity contribution in [3.8, 4) is 11.3 Å². The molecule has 0 atom stereocenters. The Bertz CT molecular complexity index is 1160. The number of fused-ring (bicyclic) bond motifs is 1. The van der Waals surface area contributed by atoms with Crippen molar-refractivity contribution in [3.63, 3.8) is 0 Å². The lowest BCUT2D eigenvalue weighted by molar-refractivity contribution is -0.137. The standard InChI is InChI=1S/C21H19F3N6O/c1-2-18(31)29-7-9-30(10-8-29)20-14-4-3-13(11-16(14)26-12-27-20)19-15(21(22,23)24)5-6-17(25)28-19/h2-6,11-12H,1,7-10H2,(H2,25,28). The lowest BCUT2D eigenvalue weighted by atomic mass is 10.0. The summed E-state index contributed by atoms with van der Waals surface area (Å²) in [6.07, 6.45) is -1.90. The van der Waals surface area contributed by atoms with Crippen LogP contribution in [0.25, 0.3) is 22.2 Å². The molecule has 1 aliphatic heterocycles. The number of hydrogen-bond donors (Lipinski definition) is 1. The number of alkyl halides is 3. The SMILES string of the molecule is C=CC(=O)N1CCN(c2ncnc3cc(-c4nc(N)ccc4C(F)(F)F)ccc23)CC1. The average molecular weight is 428 g/mol. The van der Waals surface area contributed by atoms with Crippen molar-refractivity contribution in [2.24, 2.45) is 0 Å². The van der Waals surface area contributed by atoms with E-state index in [4.69, 9.17) is 5.73 Å². The molecule has 0 unspecified atom stereocenters. The molecule has 10 heteroatoms. The van der Waals surface area contributed by atoms with Crippen LogP contribution < -0.4 is 10.6 Å². The van der Waals surface area contributed by atoms with Gasteiger partial charge in [0.2, 0.25) is 5.91 Å². The van der Waals surface area contributed by atoms with E-state index in [1.54, 1.807) is 23.1 Å². The fraction of sp³-hybridized carbons (Fsp3) is 0.238. The molecular formula is C21H19F3N6O. The number of anilines is 2. The van der Waals surface area contributed by atoms with Crippen molar-refractivity contribution in [2.45, 2.75) is 6.18 Å². The fourth-order valence-electron chi connectivity index (χ4n) is 3.63. The topological polar surface area (TPSA) is 88.2 Å². The highest BCUT2D eigenvalue weighted by molar-refractivity contribution is 5.92. The molecule has 1 saturated heterocycles. The van der Waals surface area contributed by atoms with Gasteiger partial charge in [0.1, 0.15) is 18.0 Å². The number of nitrogens with two attached hydrogens (primary N) is 1. The van der Waals surface area contributed by atoms with E-state index in [1.165, 1.54) is 12.4 Å². The van der Waals surface area contributed by atoms with Crippen LogP contribution in [-0.2, 0) is 11.0 Å². The molecular weight excluding hydrogens is 409 g/mol. The van der Waals surface area contributed by atoms with E-state index in [0.29, 0.717) is 42.9 Å². The summed E-state index contributed by atoms with van der Waals surface area (Å²) >= 11 is 0. The number of nitrogen functional groups attached to an aromatic ring is 1. The van der Waals surface area contributed by atoms with Crippen LogP contribution in [0.4, 0.5) is 24.8 Å². The Kier molecular flexibility index (Phi) is 5.22. The van der Waals surface area contributed by atoms with E-state index >= 15 is 0 Å². The fourth-order valence-corrected chi connectivity index (χ4v) is 3.63. The smallest absolute Gasteiger partial charge is 0.384 e. The van der Waals surface area contributed by atoms with E-state index in [1.807, 2.05) is 4.90 Å². The summed E-state index contributed by atoms with van der Waals surface area (Å²) in [6, 6.07) is 6.85. The molecule has 1 aliphatic rings. The van der Waals surface area contributed by atoms with Gasteiger partial charge in [-0.1, -0.05) is 12.6 Å². The number of carbonyl (C=O) groups excluding carboxylic acids is 1. The number of rotatable bonds is 3. The number of amides is 1.